The summed E-state index contributed by atoms with van der Waals surface area (Å²) < 4.78 is 0. The number of H-pyrrole nitrogens is 1. The molecule has 0 unspecified atom stereocenters. The highest BCUT2D eigenvalue weighted by atomic mass is 16.1. The summed E-state index contributed by atoms with van der Waals surface area (Å²) >= 11 is 0. The summed E-state index contributed by atoms with van der Waals surface area (Å²) in [4.78, 5) is 10.6. The van der Waals surface area contributed by atoms with Gasteiger partial charge in [-0.1, -0.05) is 17.3 Å². The zero-order valence-electron chi connectivity index (χ0n) is 6.74. The normalized spacial score (nSPS) is 10.5. The summed E-state index contributed by atoms with van der Waals surface area (Å²) in [5.41, 5.74) is 9.05. The highest BCUT2D eigenvalue weighted by molar-refractivity contribution is 5.84. The minimum Gasteiger partial charge on any atom is -0.273 e. The molecule has 2 rings (SSSR count). The lowest BCUT2D eigenvalue weighted by atomic mass is 10.1. The number of hydrogen-bond donors (Lipinski definition) is 1. The topological polar surface area (TPSA) is 82.4 Å². The van der Waals surface area contributed by atoms with E-state index in [9.17, 15) is 4.79 Å². The lowest BCUT2D eigenvalue weighted by Crippen LogP contribution is -2.02. The van der Waals surface area contributed by atoms with Crippen LogP contribution in [0.25, 0.3) is 11.0 Å². The van der Waals surface area contributed by atoms with Crippen molar-refractivity contribution in [3.05, 3.63) is 23.8 Å². The molecule has 1 aromatic heterocycles. The molecule has 1 radical (unpaired) electrons. The Bertz CT molecular complexity index is 448. The molecule has 13 heavy (non-hydrogen) atoms. The molecule has 0 bridgehead atoms. The standard InChI is InChI=1S/C8H7N4O/c9-7(13)4-5-2-1-3-6-8(5)11-12-10-6/h1-3,9H,4H2,(H,10,11,12). The first-order valence-corrected chi connectivity index (χ1v) is 3.80. The van der Waals surface area contributed by atoms with Gasteiger partial charge in [0.05, 0.1) is 11.9 Å². The Morgan fingerprint density at radius 1 is 1.54 bits per heavy atom. The highest BCUT2D eigenvalue weighted by Gasteiger charge is 2.06. The summed E-state index contributed by atoms with van der Waals surface area (Å²) in [7, 11) is 0. The number of aromatic amines is 1. The summed E-state index contributed by atoms with van der Waals surface area (Å²) in [6.07, 6.45) is 0.0872. The Hall–Kier alpha value is -1.91. The number of carbonyl (C=O) groups is 1. The first-order chi connectivity index (χ1) is 6.27. The van der Waals surface area contributed by atoms with Crippen molar-refractivity contribution in [2.45, 2.75) is 6.42 Å². The fourth-order valence-corrected chi connectivity index (χ4v) is 1.24. The van der Waals surface area contributed by atoms with Crippen molar-refractivity contribution < 1.29 is 4.79 Å². The maximum absolute atomic E-state index is 10.6. The second-order valence-corrected chi connectivity index (χ2v) is 2.73. The minimum atomic E-state index is -0.615. The first-order valence-electron chi connectivity index (χ1n) is 3.80. The summed E-state index contributed by atoms with van der Waals surface area (Å²) in [6, 6.07) is 5.41. The molecule has 1 heterocycles. The van der Waals surface area contributed by atoms with Crippen LogP contribution < -0.4 is 5.73 Å². The third kappa shape index (κ3) is 1.35. The summed E-state index contributed by atoms with van der Waals surface area (Å²) in [5.74, 6) is -0.615. The van der Waals surface area contributed by atoms with Gasteiger partial charge in [-0.2, -0.15) is 0 Å². The van der Waals surface area contributed by atoms with Gasteiger partial charge in [0.15, 0.2) is 0 Å². The molecular weight excluding hydrogens is 168 g/mol. The van der Waals surface area contributed by atoms with Crippen LogP contribution in [0.2, 0.25) is 0 Å². The predicted molar refractivity (Wildman–Crippen MR) is 45.7 cm³/mol. The van der Waals surface area contributed by atoms with E-state index >= 15 is 0 Å². The second kappa shape index (κ2) is 2.85. The van der Waals surface area contributed by atoms with Gasteiger partial charge in [0.1, 0.15) is 5.52 Å². The number of rotatable bonds is 2. The molecule has 0 aliphatic heterocycles. The SMILES string of the molecule is [NH]C(=O)Cc1cccc2[nH]nnc12. The molecule has 2 aromatic rings. The van der Waals surface area contributed by atoms with Crippen molar-refractivity contribution in [1.82, 2.24) is 21.1 Å². The molecule has 0 saturated carbocycles. The number of fused-ring (bicyclic) bond motifs is 1. The van der Waals surface area contributed by atoms with Crippen LogP contribution in [0.4, 0.5) is 0 Å². The van der Waals surface area contributed by atoms with Crippen LogP contribution in [0, 0.1) is 0 Å². The quantitative estimate of drug-likeness (QED) is 0.713. The monoisotopic (exact) mass is 175 g/mol. The maximum Gasteiger partial charge on any atom is 0.242 e. The molecule has 5 nitrogen and oxygen atoms in total. The molecular formula is C8H7N4O. The number of carbonyl (C=O) groups excluding carboxylic acids is 1. The largest absolute Gasteiger partial charge is 0.273 e. The van der Waals surface area contributed by atoms with E-state index in [2.05, 4.69) is 15.4 Å². The molecule has 65 valence electrons. The van der Waals surface area contributed by atoms with Gasteiger partial charge in [-0.25, -0.2) is 0 Å². The van der Waals surface area contributed by atoms with Crippen LogP contribution in [-0.2, 0) is 11.2 Å². The fraction of sp³-hybridized carbons (Fsp3) is 0.125. The van der Waals surface area contributed by atoms with Gasteiger partial charge in [0.2, 0.25) is 5.91 Å². The van der Waals surface area contributed by atoms with Crippen LogP contribution in [-0.4, -0.2) is 21.3 Å². The molecule has 5 heteroatoms. The van der Waals surface area contributed by atoms with E-state index in [1.165, 1.54) is 0 Å². The Labute approximate surface area is 73.9 Å². The molecule has 1 amide bonds. The zero-order chi connectivity index (χ0) is 9.26. The third-order valence-corrected chi connectivity index (χ3v) is 1.79. The van der Waals surface area contributed by atoms with E-state index in [-0.39, 0.29) is 6.42 Å². The number of amides is 1. The lowest BCUT2D eigenvalue weighted by Gasteiger charge is -1.95. The van der Waals surface area contributed by atoms with Gasteiger partial charge in [0, 0.05) is 0 Å². The third-order valence-electron chi connectivity index (χ3n) is 1.79. The number of hydrogen-bond acceptors (Lipinski definition) is 3. The van der Waals surface area contributed by atoms with Crippen molar-refractivity contribution in [3.8, 4) is 0 Å². The number of aromatic nitrogens is 3. The average Bonchev–Trinajstić information content (AvgIpc) is 2.51. The van der Waals surface area contributed by atoms with Gasteiger partial charge < -0.3 is 0 Å². The Morgan fingerprint density at radius 2 is 2.38 bits per heavy atom. The molecule has 0 fully saturated rings. The Kier molecular flexibility index (Phi) is 1.70. The van der Waals surface area contributed by atoms with E-state index < -0.39 is 5.91 Å². The summed E-state index contributed by atoms with van der Waals surface area (Å²) in [5, 5.41) is 10.2. The molecule has 0 spiro atoms. The van der Waals surface area contributed by atoms with Crippen molar-refractivity contribution in [1.29, 1.82) is 0 Å². The molecule has 2 N–H and O–H groups in total. The van der Waals surface area contributed by atoms with E-state index in [0.29, 0.717) is 5.52 Å². The second-order valence-electron chi connectivity index (χ2n) is 2.73. The predicted octanol–water partition coefficient (Wildman–Crippen LogP) is 0.310. The lowest BCUT2D eigenvalue weighted by molar-refractivity contribution is -0.118. The van der Waals surface area contributed by atoms with E-state index in [1.807, 2.05) is 6.07 Å². The van der Waals surface area contributed by atoms with Gasteiger partial charge in [-0.05, 0) is 11.6 Å². The highest BCUT2D eigenvalue weighted by Crippen LogP contribution is 2.13. The van der Waals surface area contributed by atoms with E-state index in [1.54, 1.807) is 12.1 Å². The van der Waals surface area contributed by atoms with Crippen LogP contribution in [0.1, 0.15) is 5.56 Å². The Morgan fingerprint density at radius 3 is 3.15 bits per heavy atom. The molecule has 0 aliphatic rings. The smallest absolute Gasteiger partial charge is 0.242 e. The van der Waals surface area contributed by atoms with Crippen molar-refractivity contribution >= 4 is 16.9 Å². The van der Waals surface area contributed by atoms with Crippen molar-refractivity contribution in [2.24, 2.45) is 0 Å². The first kappa shape index (κ1) is 7.72. The molecule has 0 aliphatic carbocycles. The molecule has 0 saturated heterocycles. The fourth-order valence-electron chi connectivity index (χ4n) is 1.24. The molecule has 1 aromatic carbocycles. The van der Waals surface area contributed by atoms with Gasteiger partial charge in [0.25, 0.3) is 0 Å². The number of nitrogens with one attached hydrogen (secondary N) is 2. The van der Waals surface area contributed by atoms with Crippen molar-refractivity contribution in [2.75, 3.05) is 0 Å². The van der Waals surface area contributed by atoms with Gasteiger partial charge in [-0.3, -0.25) is 15.6 Å². The van der Waals surface area contributed by atoms with Gasteiger partial charge >= 0.3 is 0 Å². The van der Waals surface area contributed by atoms with Crippen LogP contribution in [0.15, 0.2) is 18.2 Å². The van der Waals surface area contributed by atoms with E-state index in [4.69, 9.17) is 5.73 Å². The van der Waals surface area contributed by atoms with Crippen LogP contribution in [0.5, 0.6) is 0 Å². The van der Waals surface area contributed by atoms with Crippen molar-refractivity contribution in [3.63, 3.8) is 0 Å². The summed E-state index contributed by atoms with van der Waals surface area (Å²) in [6.45, 7) is 0. The minimum absolute atomic E-state index is 0.0872. The number of nitrogens with zero attached hydrogens (tertiary/aromatic N) is 2. The van der Waals surface area contributed by atoms with Crippen LogP contribution >= 0.6 is 0 Å². The van der Waals surface area contributed by atoms with Crippen LogP contribution in [0.3, 0.4) is 0 Å². The number of benzene rings is 1. The zero-order valence-corrected chi connectivity index (χ0v) is 6.74. The Balaban J connectivity index is 2.54. The average molecular weight is 175 g/mol. The maximum atomic E-state index is 10.6. The van der Waals surface area contributed by atoms with E-state index in [0.717, 1.165) is 11.1 Å². The molecule has 0 atom stereocenters. The van der Waals surface area contributed by atoms with Gasteiger partial charge in [-0.15, -0.1) is 5.10 Å².